The van der Waals surface area contributed by atoms with Crippen LogP contribution in [0.2, 0.25) is 0 Å². The molecule has 0 aromatic heterocycles. The lowest BCUT2D eigenvalue weighted by Crippen LogP contribution is -2.42. The molecular weight excluding hydrogens is 260 g/mol. The van der Waals surface area contributed by atoms with Gasteiger partial charge in [0.2, 0.25) is 0 Å². The van der Waals surface area contributed by atoms with E-state index in [4.69, 9.17) is 15.1 Å². The Hall–Kier alpha value is -2.81. The zero-order valence-corrected chi connectivity index (χ0v) is 10.7. The van der Waals surface area contributed by atoms with Crippen molar-refractivity contribution in [3.63, 3.8) is 0 Å². The average molecular weight is 274 g/mol. The van der Waals surface area contributed by atoms with E-state index in [0.717, 1.165) is 0 Å². The number of carboxylic acid groups (broad SMARTS) is 1. The molecule has 6 nitrogen and oxygen atoms in total. The first kappa shape index (κ1) is 15.2. The second kappa shape index (κ2) is 7.59. The number of aliphatic carboxylic acids is 1. The normalized spacial score (nSPS) is 10.9. The summed E-state index contributed by atoms with van der Waals surface area (Å²) in [5.74, 6) is -1.24. The Balaban J connectivity index is 2.47. The first-order valence-electron chi connectivity index (χ1n) is 5.83. The Morgan fingerprint density at radius 2 is 2.10 bits per heavy atom. The molecule has 0 fully saturated rings. The molecule has 1 aromatic carbocycles. The van der Waals surface area contributed by atoms with Crippen LogP contribution in [0, 0.1) is 11.3 Å². The van der Waals surface area contributed by atoms with Crippen LogP contribution in [0.15, 0.2) is 36.9 Å². The molecule has 0 spiro atoms. The van der Waals surface area contributed by atoms with E-state index in [0.29, 0.717) is 11.3 Å². The summed E-state index contributed by atoms with van der Waals surface area (Å²) >= 11 is 0. The van der Waals surface area contributed by atoms with Crippen molar-refractivity contribution < 1.29 is 19.4 Å². The van der Waals surface area contributed by atoms with Crippen LogP contribution in [0.3, 0.4) is 0 Å². The summed E-state index contributed by atoms with van der Waals surface area (Å²) in [5.41, 5.74) is 0.485. The number of carboxylic acids is 1. The summed E-state index contributed by atoms with van der Waals surface area (Å²) < 4.78 is 5.19. The lowest BCUT2D eigenvalue weighted by molar-refractivity contribution is -0.142. The number of nitrogens with one attached hydrogen (secondary N) is 1. The van der Waals surface area contributed by atoms with E-state index in [9.17, 15) is 9.59 Å². The van der Waals surface area contributed by atoms with Crippen LogP contribution in [-0.2, 0) is 9.59 Å². The maximum Gasteiger partial charge on any atom is 0.326 e. The molecule has 0 bridgehead atoms. The van der Waals surface area contributed by atoms with Crippen LogP contribution in [-0.4, -0.2) is 29.6 Å². The van der Waals surface area contributed by atoms with Crippen LogP contribution in [0.25, 0.3) is 0 Å². The molecule has 6 heteroatoms. The third-order valence-corrected chi connectivity index (χ3v) is 2.39. The highest BCUT2D eigenvalue weighted by Crippen LogP contribution is 2.11. The number of ether oxygens (including phenoxy) is 1. The fourth-order valence-corrected chi connectivity index (χ4v) is 1.40. The highest BCUT2D eigenvalue weighted by molar-refractivity contribution is 5.84. The molecule has 104 valence electrons. The minimum absolute atomic E-state index is 0.137. The monoisotopic (exact) mass is 274 g/mol. The summed E-state index contributed by atoms with van der Waals surface area (Å²) in [6.45, 7) is 3.13. The number of hydrogen-bond donors (Lipinski definition) is 2. The predicted octanol–water partition coefficient (Wildman–Crippen LogP) is 1.08. The molecule has 0 saturated carbocycles. The summed E-state index contributed by atoms with van der Waals surface area (Å²) in [7, 11) is 0. The van der Waals surface area contributed by atoms with Crippen molar-refractivity contribution in [3.05, 3.63) is 42.5 Å². The summed E-state index contributed by atoms with van der Waals surface area (Å²) in [4.78, 5) is 22.4. The minimum atomic E-state index is -1.13. The van der Waals surface area contributed by atoms with Gasteiger partial charge in [-0.3, -0.25) is 4.79 Å². The molecule has 0 aliphatic rings. The third-order valence-electron chi connectivity index (χ3n) is 2.39. The molecule has 0 radical (unpaired) electrons. The highest BCUT2D eigenvalue weighted by Gasteiger charge is 2.18. The summed E-state index contributed by atoms with van der Waals surface area (Å²) in [6, 6.07) is 7.19. The van der Waals surface area contributed by atoms with E-state index in [1.165, 1.54) is 6.08 Å². The number of rotatable bonds is 7. The second-order valence-electron chi connectivity index (χ2n) is 3.91. The Morgan fingerprint density at radius 1 is 1.45 bits per heavy atom. The van der Waals surface area contributed by atoms with Crippen LogP contribution < -0.4 is 10.1 Å². The molecule has 0 aliphatic carbocycles. The quantitative estimate of drug-likeness (QED) is 0.725. The fraction of sp³-hybridized carbons (Fsp3) is 0.214. The molecule has 0 heterocycles. The van der Waals surface area contributed by atoms with Crippen molar-refractivity contribution in [2.24, 2.45) is 0 Å². The Labute approximate surface area is 116 Å². The highest BCUT2D eigenvalue weighted by atomic mass is 16.5. The van der Waals surface area contributed by atoms with E-state index >= 15 is 0 Å². The number of nitriles is 1. The van der Waals surface area contributed by atoms with Gasteiger partial charge in [0, 0.05) is 0 Å². The maximum absolute atomic E-state index is 11.5. The molecule has 0 saturated heterocycles. The number of carbonyl (C=O) groups excluding carboxylic acids is 1. The Morgan fingerprint density at radius 3 is 2.60 bits per heavy atom. The molecule has 1 amide bonds. The largest absolute Gasteiger partial charge is 0.484 e. The number of nitrogens with zero attached hydrogens (tertiary/aromatic N) is 1. The van der Waals surface area contributed by atoms with Crippen LogP contribution in [0.4, 0.5) is 0 Å². The summed E-state index contributed by atoms with van der Waals surface area (Å²) in [6.07, 6.45) is 1.55. The average Bonchev–Trinajstić information content (AvgIpc) is 2.45. The first-order chi connectivity index (χ1) is 9.56. The Kier molecular flexibility index (Phi) is 5.78. The zero-order chi connectivity index (χ0) is 15.0. The van der Waals surface area contributed by atoms with Gasteiger partial charge in [-0.1, -0.05) is 6.08 Å². The predicted molar refractivity (Wildman–Crippen MR) is 71.0 cm³/mol. The van der Waals surface area contributed by atoms with Gasteiger partial charge in [-0.25, -0.2) is 4.79 Å². The molecule has 1 aromatic rings. The SMILES string of the molecule is C=CCC(NC(=O)COc1ccc(C#N)cc1)C(=O)O. The van der Waals surface area contributed by atoms with Gasteiger partial charge in [-0.15, -0.1) is 6.58 Å². The fourth-order valence-electron chi connectivity index (χ4n) is 1.40. The van der Waals surface area contributed by atoms with E-state index in [1.54, 1.807) is 24.3 Å². The van der Waals surface area contributed by atoms with Gasteiger partial charge < -0.3 is 15.2 Å². The van der Waals surface area contributed by atoms with Crippen LogP contribution >= 0.6 is 0 Å². The lowest BCUT2D eigenvalue weighted by atomic mass is 10.2. The van der Waals surface area contributed by atoms with E-state index in [1.807, 2.05) is 6.07 Å². The van der Waals surface area contributed by atoms with Crippen LogP contribution in [0.1, 0.15) is 12.0 Å². The van der Waals surface area contributed by atoms with Crippen LogP contribution in [0.5, 0.6) is 5.75 Å². The molecule has 20 heavy (non-hydrogen) atoms. The third kappa shape index (κ3) is 4.82. The number of carbonyl (C=O) groups is 2. The summed E-state index contributed by atoms with van der Waals surface area (Å²) in [5, 5.41) is 19.8. The van der Waals surface area contributed by atoms with Gasteiger partial charge in [-0.05, 0) is 30.7 Å². The number of amides is 1. The zero-order valence-electron chi connectivity index (χ0n) is 10.7. The molecule has 0 aliphatic heterocycles. The van der Waals surface area contributed by atoms with Gasteiger partial charge in [0.1, 0.15) is 11.8 Å². The van der Waals surface area contributed by atoms with E-state index in [-0.39, 0.29) is 13.0 Å². The van der Waals surface area contributed by atoms with Gasteiger partial charge in [0.05, 0.1) is 11.6 Å². The van der Waals surface area contributed by atoms with Gasteiger partial charge in [0.15, 0.2) is 6.61 Å². The van der Waals surface area contributed by atoms with Crippen molar-refractivity contribution in [1.29, 1.82) is 5.26 Å². The Bertz CT molecular complexity index is 531. The van der Waals surface area contributed by atoms with Crippen molar-refractivity contribution in [2.45, 2.75) is 12.5 Å². The van der Waals surface area contributed by atoms with Crippen molar-refractivity contribution >= 4 is 11.9 Å². The van der Waals surface area contributed by atoms with Gasteiger partial charge >= 0.3 is 5.97 Å². The smallest absolute Gasteiger partial charge is 0.326 e. The van der Waals surface area contributed by atoms with Gasteiger partial charge in [-0.2, -0.15) is 5.26 Å². The second-order valence-corrected chi connectivity index (χ2v) is 3.91. The number of hydrogen-bond acceptors (Lipinski definition) is 4. The molecule has 1 atom stereocenters. The van der Waals surface area contributed by atoms with E-state index in [2.05, 4.69) is 11.9 Å². The lowest BCUT2D eigenvalue weighted by Gasteiger charge is -2.13. The van der Waals surface area contributed by atoms with E-state index < -0.39 is 17.9 Å². The first-order valence-corrected chi connectivity index (χ1v) is 5.83. The van der Waals surface area contributed by atoms with Gasteiger partial charge in [0.25, 0.3) is 5.91 Å². The molecule has 2 N–H and O–H groups in total. The number of benzene rings is 1. The van der Waals surface area contributed by atoms with Crippen molar-refractivity contribution in [3.8, 4) is 11.8 Å². The maximum atomic E-state index is 11.5. The van der Waals surface area contributed by atoms with Crippen molar-refractivity contribution in [2.75, 3.05) is 6.61 Å². The standard InChI is InChI=1S/C14H14N2O4/c1-2-3-12(14(18)19)16-13(17)9-20-11-6-4-10(8-15)5-7-11/h2,4-7,12H,1,3,9H2,(H,16,17)(H,18,19). The topological polar surface area (TPSA) is 99.4 Å². The van der Waals surface area contributed by atoms with Crippen molar-refractivity contribution in [1.82, 2.24) is 5.32 Å². The minimum Gasteiger partial charge on any atom is -0.484 e. The molecule has 1 rings (SSSR count). The molecular formula is C14H14N2O4. The molecule has 1 unspecified atom stereocenters.